The zero-order valence-electron chi connectivity index (χ0n) is 28.8. The lowest BCUT2D eigenvalue weighted by molar-refractivity contribution is -0.377. The molecule has 11 atom stereocenters. The van der Waals surface area contributed by atoms with E-state index in [9.17, 15) is 10.6 Å². The first-order valence-electron chi connectivity index (χ1n) is 17.5. The molecular formula is C40H43N3O9. The van der Waals surface area contributed by atoms with Crippen molar-refractivity contribution < 1.29 is 43.0 Å². The van der Waals surface area contributed by atoms with E-state index in [0.29, 0.717) is 6.61 Å². The average molecular weight is 710 g/mol. The summed E-state index contributed by atoms with van der Waals surface area (Å²) in [6, 6.07) is 37.9. The van der Waals surface area contributed by atoms with Crippen LogP contribution in [-0.2, 0) is 57.7 Å². The van der Waals surface area contributed by atoms with Crippen molar-refractivity contribution in [3.8, 4) is 0 Å². The number of benzene rings is 4. The first-order chi connectivity index (χ1) is 25.6. The smallest absolute Gasteiger partial charge is 0.187 e. The lowest BCUT2D eigenvalue weighted by Gasteiger charge is -2.50. The van der Waals surface area contributed by atoms with Crippen LogP contribution in [0.3, 0.4) is 0 Å². The maximum Gasteiger partial charge on any atom is 0.187 e. The molecule has 4 aromatic rings. The number of hydrogen-bond donors (Lipinski definition) is 1. The fourth-order valence-corrected chi connectivity index (χ4v) is 6.83. The first kappa shape index (κ1) is 36.2. The van der Waals surface area contributed by atoms with Crippen molar-refractivity contribution in [2.75, 3.05) is 6.61 Å². The number of aliphatic hydroxyl groups excluding tert-OH is 1. The summed E-state index contributed by atoms with van der Waals surface area (Å²) < 4.78 is 51.8. The SMILES string of the molecule is C[C@@H]1O[C@@H](O[C@H]2[C@@H]3O[C@H](c4ccccc4)OC[C@H]3OC(O)[C@@H]2N=[N+]=[N-])[C@@H](OCc2ccccc2)[C@H](OCc2ccccc2)[C@@H]1OCc1ccccc1. The van der Waals surface area contributed by atoms with Gasteiger partial charge in [0.2, 0.25) is 0 Å². The molecule has 0 amide bonds. The van der Waals surface area contributed by atoms with Crippen LogP contribution in [0.25, 0.3) is 10.4 Å². The van der Waals surface area contributed by atoms with Gasteiger partial charge >= 0.3 is 0 Å². The van der Waals surface area contributed by atoms with Crippen molar-refractivity contribution in [2.45, 2.75) is 94.4 Å². The van der Waals surface area contributed by atoms with Crippen LogP contribution in [0.5, 0.6) is 0 Å². The highest BCUT2D eigenvalue weighted by atomic mass is 16.8. The van der Waals surface area contributed by atoms with E-state index in [1.807, 2.05) is 128 Å². The molecule has 7 rings (SSSR count). The minimum Gasteiger partial charge on any atom is -0.368 e. The molecule has 0 aliphatic carbocycles. The van der Waals surface area contributed by atoms with Crippen molar-refractivity contribution in [1.82, 2.24) is 0 Å². The van der Waals surface area contributed by atoms with Crippen LogP contribution in [0.15, 0.2) is 126 Å². The maximum absolute atomic E-state index is 11.1. The zero-order chi connectivity index (χ0) is 35.7. The second-order valence-electron chi connectivity index (χ2n) is 13.0. The van der Waals surface area contributed by atoms with E-state index in [1.165, 1.54) is 0 Å². The fraction of sp³-hybridized carbons (Fsp3) is 0.400. The average Bonchev–Trinajstić information content (AvgIpc) is 3.19. The minimum atomic E-state index is -1.49. The molecule has 52 heavy (non-hydrogen) atoms. The van der Waals surface area contributed by atoms with Gasteiger partial charge in [-0.15, -0.1) is 0 Å². The summed E-state index contributed by atoms with van der Waals surface area (Å²) in [5.41, 5.74) is 13.3. The summed E-state index contributed by atoms with van der Waals surface area (Å²) in [5.74, 6) is 0. The third kappa shape index (κ3) is 8.71. The number of fused-ring (bicyclic) bond motifs is 1. The van der Waals surface area contributed by atoms with Crippen molar-refractivity contribution in [3.05, 3.63) is 154 Å². The Labute approximate surface area is 302 Å². The van der Waals surface area contributed by atoms with Crippen LogP contribution >= 0.6 is 0 Å². The molecule has 3 saturated heterocycles. The predicted octanol–water partition coefficient (Wildman–Crippen LogP) is 6.38. The fourth-order valence-electron chi connectivity index (χ4n) is 6.83. The summed E-state index contributed by atoms with van der Waals surface area (Å²) in [6.45, 7) is 2.84. The molecule has 12 heteroatoms. The maximum atomic E-state index is 11.1. The van der Waals surface area contributed by atoms with E-state index < -0.39 is 67.6 Å². The Balaban J connectivity index is 1.21. The van der Waals surface area contributed by atoms with Gasteiger partial charge in [-0.05, 0) is 29.1 Å². The quantitative estimate of drug-likeness (QED) is 0.0950. The van der Waals surface area contributed by atoms with E-state index in [-0.39, 0.29) is 19.8 Å². The largest absolute Gasteiger partial charge is 0.368 e. The van der Waals surface area contributed by atoms with Crippen LogP contribution in [0.4, 0.5) is 0 Å². The number of aliphatic hydroxyl groups is 1. The zero-order valence-corrected chi connectivity index (χ0v) is 28.8. The summed E-state index contributed by atoms with van der Waals surface area (Å²) in [4.78, 5) is 3.02. The molecule has 3 fully saturated rings. The van der Waals surface area contributed by atoms with Gasteiger partial charge in [0.05, 0.1) is 32.5 Å². The van der Waals surface area contributed by atoms with Crippen LogP contribution < -0.4 is 0 Å². The highest BCUT2D eigenvalue weighted by Gasteiger charge is 2.54. The first-order valence-corrected chi connectivity index (χ1v) is 17.5. The summed E-state index contributed by atoms with van der Waals surface area (Å²) in [5, 5.41) is 15.0. The Kier molecular flexibility index (Phi) is 12.2. The van der Waals surface area contributed by atoms with Crippen LogP contribution in [0, 0.1) is 0 Å². The van der Waals surface area contributed by atoms with Crippen molar-refractivity contribution >= 4 is 0 Å². The molecule has 3 aliphatic rings. The Morgan fingerprint density at radius 2 is 1.19 bits per heavy atom. The van der Waals surface area contributed by atoms with Gasteiger partial charge in [-0.3, -0.25) is 0 Å². The van der Waals surface area contributed by atoms with Gasteiger partial charge in [-0.1, -0.05) is 126 Å². The van der Waals surface area contributed by atoms with Gasteiger partial charge in [0.1, 0.15) is 42.7 Å². The molecule has 12 nitrogen and oxygen atoms in total. The molecule has 0 aromatic heterocycles. The van der Waals surface area contributed by atoms with Gasteiger partial charge in [-0.2, -0.15) is 0 Å². The van der Waals surface area contributed by atoms with Crippen molar-refractivity contribution in [3.63, 3.8) is 0 Å². The van der Waals surface area contributed by atoms with Crippen molar-refractivity contribution in [1.29, 1.82) is 0 Å². The second kappa shape index (κ2) is 17.6. The lowest BCUT2D eigenvalue weighted by atomic mass is 9.95. The Morgan fingerprint density at radius 3 is 1.75 bits per heavy atom. The van der Waals surface area contributed by atoms with E-state index in [4.69, 9.17) is 37.9 Å². The van der Waals surface area contributed by atoms with Crippen LogP contribution in [0.1, 0.15) is 35.5 Å². The molecule has 4 aromatic carbocycles. The number of rotatable bonds is 13. The number of nitrogens with zero attached hydrogens (tertiary/aromatic N) is 3. The Bertz CT molecular complexity index is 1720. The minimum absolute atomic E-state index is 0.109. The molecule has 3 aliphatic heterocycles. The number of ether oxygens (including phenoxy) is 8. The van der Waals surface area contributed by atoms with E-state index >= 15 is 0 Å². The molecule has 0 saturated carbocycles. The highest BCUT2D eigenvalue weighted by Crippen LogP contribution is 2.39. The van der Waals surface area contributed by atoms with Crippen molar-refractivity contribution in [2.24, 2.45) is 5.11 Å². The summed E-state index contributed by atoms with van der Waals surface area (Å²) >= 11 is 0. The topological polar surface area (TPSA) is 143 Å². The summed E-state index contributed by atoms with van der Waals surface area (Å²) in [6.07, 6.45) is -8.44. The molecule has 1 N–H and O–H groups in total. The molecule has 3 heterocycles. The molecule has 272 valence electrons. The predicted molar refractivity (Wildman–Crippen MR) is 188 cm³/mol. The van der Waals surface area contributed by atoms with Gasteiger partial charge in [0.25, 0.3) is 0 Å². The van der Waals surface area contributed by atoms with Gasteiger partial charge < -0.3 is 43.0 Å². The van der Waals surface area contributed by atoms with E-state index in [0.717, 1.165) is 22.3 Å². The van der Waals surface area contributed by atoms with E-state index in [1.54, 1.807) is 0 Å². The Hall–Kier alpha value is -4.17. The van der Waals surface area contributed by atoms with Gasteiger partial charge in [-0.25, -0.2) is 0 Å². The van der Waals surface area contributed by atoms with Gasteiger partial charge in [0.15, 0.2) is 18.9 Å². The highest BCUT2D eigenvalue weighted by molar-refractivity contribution is 5.18. The molecule has 1 unspecified atom stereocenters. The third-order valence-electron chi connectivity index (χ3n) is 9.46. The number of azide groups is 1. The van der Waals surface area contributed by atoms with E-state index in [2.05, 4.69) is 10.0 Å². The Morgan fingerprint density at radius 1 is 0.673 bits per heavy atom. The normalized spacial score (nSPS) is 31.6. The standard InChI is InChI=1S/C40H43N3O9/c1-26-33(45-22-27-14-6-2-7-15-27)36(46-23-28-16-8-3-9-17-28)37(47-24-29-18-10-4-11-19-29)40(49-26)52-35-32(42-43-41)38(44)50-31-25-48-39(51-34(31)35)30-20-12-5-13-21-30/h2-21,26,31-40,44H,22-25H2,1H3/t26-,31+,32+,33+,34+,35+,36+,37-,38?,39+,40-/m0/s1. The lowest BCUT2D eigenvalue weighted by Crippen LogP contribution is -2.66. The second-order valence-corrected chi connectivity index (χ2v) is 13.0. The number of hydrogen-bond acceptors (Lipinski definition) is 10. The molecular weight excluding hydrogens is 666 g/mol. The van der Waals surface area contributed by atoms with Gasteiger partial charge in [0, 0.05) is 10.5 Å². The molecule has 0 radical (unpaired) electrons. The molecule has 0 spiro atoms. The summed E-state index contributed by atoms with van der Waals surface area (Å²) in [7, 11) is 0. The molecule has 0 bridgehead atoms. The monoisotopic (exact) mass is 709 g/mol. The van der Waals surface area contributed by atoms with Crippen LogP contribution in [-0.4, -0.2) is 73.1 Å². The third-order valence-corrected chi connectivity index (χ3v) is 9.46. The van der Waals surface area contributed by atoms with Crippen LogP contribution in [0.2, 0.25) is 0 Å².